The number of rotatable bonds is 12. The van der Waals surface area contributed by atoms with Crippen LogP contribution in [0.2, 0.25) is 0 Å². The van der Waals surface area contributed by atoms with E-state index in [9.17, 15) is 14.4 Å². The van der Waals surface area contributed by atoms with Crippen molar-refractivity contribution in [1.82, 2.24) is 20.3 Å². The van der Waals surface area contributed by atoms with E-state index in [1.807, 2.05) is 96.7 Å². The Morgan fingerprint density at radius 2 is 1.47 bits per heavy atom. The molecule has 53 heavy (non-hydrogen) atoms. The number of para-hydroxylation sites is 2. The van der Waals surface area contributed by atoms with Crippen LogP contribution in [0, 0.1) is 12.3 Å². The van der Waals surface area contributed by atoms with Gasteiger partial charge in [-0.25, -0.2) is 9.97 Å². The topological polar surface area (TPSA) is 142 Å². The second kappa shape index (κ2) is 15.5. The summed E-state index contributed by atoms with van der Waals surface area (Å²) in [7, 11) is 1.93. The minimum absolute atomic E-state index is 0.0630. The molecule has 11 heteroatoms. The van der Waals surface area contributed by atoms with Crippen molar-refractivity contribution in [3.8, 4) is 12.3 Å². The molecule has 3 amide bonds. The molecule has 4 aromatic heterocycles. The minimum atomic E-state index is -0.420. The monoisotopic (exact) mass is 701 g/mol. The number of fused-ring (bicyclic) bond motifs is 5. The highest BCUT2D eigenvalue weighted by molar-refractivity contribution is 6.13. The normalized spacial score (nSPS) is 11.0. The van der Waals surface area contributed by atoms with Crippen LogP contribution in [-0.2, 0) is 11.8 Å². The number of pyridine rings is 4. The molecule has 0 unspecified atom stereocenters. The van der Waals surface area contributed by atoms with Gasteiger partial charge in [-0.3, -0.25) is 19.4 Å². The summed E-state index contributed by atoms with van der Waals surface area (Å²) in [5.74, 6) is 1.62. The Kier molecular flexibility index (Phi) is 10.1. The molecule has 0 bridgehead atoms. The number of amides is 3. The van der Waals surface area contributed by atoms with Gasteiger partial charge in [0.25, 0.3) is 11.8 Å². The Labute approximate surface area is 305 Å². The molecular weight excluding hydrogens is 665 g/mol. The number of hydrogen-bond donors (Lipinski definition) is 4. The number of hydrogen-bond acceptors (Lipinski definition) is 7. The van der Waals surface area contributed by atoms with E-state index < -0.39 is 5.91 Å². The van der Waals surface area contributed by atoms with Crippen molar-refractivity contribution in [2.75, 3.05) is 29.0 Å². The first-order valence-corrected chi connectivity index (χ1v) is 17.4. The summed E-state index contributed by atoms with van der Waals surface area (Å²) in [6.07, 6.45) is 11.0. The van der Waals surface area contributed by atoms with Gasteiger partial charge < -0.3 is 21.3 Å². The predicted octanol–water partition coefficient (Wildman–Crippen LogP) is 6.54. The Balaban J connectivity index is 1.19. The molecule has 3 aromatic carbocycles. The molecule has 0 saturated carbocycles. The molecule has 7 aromatic rings. The Morgan fingerprint density at radius 3 is 2.34 bits per heavy atom. The number of benzene rings is 3. The number of anilines is 3. The van der Waals surface area contributed by atoms with E-state index in [0.29, 0.717) is 54.0 Å². The quantitative estimate of drug-likeness (QED) is 0.0491. The summed E-state index contributed by atoms with van der Waals surface area (Å²) in [5, 5.41) is 15.7. The second-order valence-corrected chi connectivity index (χ2v) is 12.7. The summed E-state index contributed by atoms with van der Waals surface area (Å²) in [4.78, 5) is 53.4. The molecule has 0 atom stereocenters. The summed E-state index contributed by atoms with van der Waals surface area (Å²) in [6, 6.07) is 28.5. The van der Waals surface area contributed by atoms with Crippen LogP contribution >= 0.6 is 0 Å². The third-order valence-corrected chi connectivity index (χ3v) is 8.91. The fraction of sp³-hybridized carbons (Fsp3) is 0.167. The highest BCUT2D eigenvalue weighted by atomic mass is 16.2. The van der Waals surface area contributed by atoms with E-state index in [2.05, 4.69) is 32.2 Å². The Hall–Kier alpha value is -6.93. The molecule has 4 heterocycles. The van der Waals surface area contributed by atoms with Crippen molar-refractivity contribution in [1.29, 1.82) is 0 Å². The van der Waals surface area contributed by atoms with E-state index in [1.54, 1.807) is 18.3 Å². The standard InChI is InChI=1S/C42H36N8O3/c1-3-4-15-38(51)44-21-10-9-20-43-35-24-36(42(53)46-30-22-28-11-5-7-13-33(28)45-25-30)49-40-32(35)18-16-27-17-19-34(48-39(27)40)41(52)47-31-23-29-12-6-8-14-37(29)50(2)26-31/h1,5-8,11-14,16-19,22-26H,4,9-10,15,20-21H2,2H3,(H3-,43,44,46,47,49,51,52,53)/p+1. The SMILES string of the molecule is C#CCCC(=O)NCCCCNc1cc(C(=O)Nc2cnc3ccccc3c2)nc2c1ccc1ccc(C(=O)Nc3cc4ccccc4[n+](C)c3)nc12. The first-order valence-electron chi connectivity index (χ1n) is 17.4. The zero-order chi connectivity index (χ0) is 36.7. The van der Waals surface area contributed by atoms with Crippen molar-refractivity contribution in [2.24, 2.45) is 7.05 Å². The molecule has 4 N–H and O–H groups in total. The first kappa shape index (κ1) is 34.5. The molecule has 0 aliphatic carbocycles. The van der Waals surface area contributed by atoms with Crippen LogP contribution in [0.3, 0.4) is 0 Å². The largest absolute Gasteiger partial charge is 0.384 e. The molecular formula is C42H37N8O3+. The van der Waals surface area contributed by atoms with Crippen LogP contribution < -0.4 is 25.8 Å². The lowest BCUT2D eigenvalue weighted by Crippen LogP contribution is -2.29. The summed E-state index contributed by atoms with van der Waals surface area (Å²) in [6.45, 7) is 1.11. The van der Waals surface area contributed by atoms with Gasteiger partial charge in [0.1, 0.15) is 24.1 Å². The number of carbonyl (C=O) groups is 3. The predicted molar refractivity (Wildman–Crippen MR) is 209 cm³/mol. The fourth-order valence-electron chi connectivity index (χ4n) is 6.25. The van der Waals surface area contributed by atoms with E-state index in [0.717, 1.165) is 45.4 Å². The lowest BCUT2D eigenvalue weighted by atomic mass is 10.1. The third kappa shape index (κ3) is 7.87. The van der Waals surface area contributed by atoms with Crippen molar-refractivity contribution in [3.05, 3.63) is 115 Å². The number of carbonyl (C=O) groups excluding carboxylic acids is 3. The zero-order valence-corrected chi connectivity index (χ0v) is 29.1. The molecule has 0 aliphatic heterocycles. The average molecular weight is 702 g/mol. The third-order valence-electron chi connectivity index (χ3n) is 8.91. The van der Waals surface area contributed by atoms with Crippen molar-refractivity contribution in [2.45, 2.75) is 25.7 Å². The van der Waals surface area contributed by atoms with Crippen LogP contribution in [0.5, 0.6) is 0 Å². The molecule has 0 spiro atoms. The van der Waals surface area contributed by atoms with Gasteiger partial charge >= 0.3 is 0 Å². The second-order valence-electron chi connectivity index (χ2n) is 12.7. The van der Waals surface area contributed by atoms with E-state index >= 15 is 0 Å². The summed E-state index contributed by atoms with van der Waals surface area (Å²) < 4.78 is 1.96. The Morgan fingerprint density at radius 1 is 0.755 bits per heavy atom. The molecule has 0 saturated heterocycles. The maximum Gasteiger partial charge on any atom is 0.274 e. The van der Waals surface area contributed by atoms with Gasteiger partial charge in [-0.15, -0.1) is 12.3 Å². The smallest absolute Gasteiger partial charge is 0.274 e. The van der Waals surface area contributed by atoms with Crippen LogP contribution in [0.15, 0.2) is 103 Å². The molecule has 7 rings (SSSR count). The van der Waals surface area contributed by atoms with Gasteiger partial charge in [0.2, 0.25) is 11.4 Å². The number of aromatic nitrogens is 4. The van der Waals surface area contributed by atoms with Crippen LogP contribution in [0.4, 0.5) is 17.1 Å². The van der Waals surface area contributed by atoms with Crippen molar-refractivity contribution < 1.29 is 19.0 Å². The zero-order valence-electron chi connectivity index (χ0n) is 29.1. The molecule has 11 nitrogen and oxygen atoms in total. The summed E-state index contributed by atoms with van der Waals surface area (Å²) in [5.41, 5.74) is 5.05. The van der Waals surface area contributed by atoms with E-state index in [-0.39, 0.29) is 23.2 Å². The van der Waals surface area contributed by atoms with Gasteiger partial charge in [-0.2, -0.15) is 4.57 Å². The van der Waals surface area contributed by atoms with Gasteiger partial charge in [0.05, 0.1) is 28.4 Å². The highest BCUT2D eigenvalue weighted by Gasteiger charge is 2.18. The fourth-order valence-corrected chi connectivity index (χ4v) is 6.25. The minimum Gasteiger partial charge on any atom is -0.384 e. The van der Waals surface area contributed by atoms with E-state index in [4.69, 9.17) is 16.4 Å². The first-order chi connectivity index (χ1) is 25.9. The molecule has 0 aliphatic rings. The lowest BCUT2D eigenvalue weighted by molar-refractivity contribution is -0.644. The number of nitrogens with zero attached hydrogens (tertiary/aromatic N) is 4. The van der Waals surface area contributed by atoms with Gasteiger partial charge in [0.15, 0.2) is 6.20 Å². The number of unbranched alkanes of at least 4 members (excludes halogenated alkanes) is 1. The van der Waals surface area contributed by atoms with Crippen LogP contribution in [0.1, 0.15) is 46.7 Å². The molecule has 262 valence electrons. The number of aryl methyl sites for hydroxylation is 1. The summed E-state index contributed by atoms with van der Waals surface area (Å²) >= 11 is 0. The van der Waals surface area contributed by atoms with Gasteiger partial charge in [0, 0.05) is 59.2 Å². The van der Waals surface area contributed by atoms with E-state index in [1.165, 1.54) is 0 Å². The van der Waals surface area contributed by atoms with Gasteiger partial charge in [-0.1, -0.05) is 42.5 Å². The molecule has 0 fully saturated rings. The molecule has 0 radical (unpaired) electrons. The van der Waals surface area contributed by atoms with Crippen LogP contribution in [0.25, 0.3) is 43.6 Å². The maximum atomic E-state index is 13.8. The van der Waals surface area contributed by atoms with Crippen molar-refractivity contribution in [3.63, 3.8) is 0 Å². The highest BCUT2D eigenvalue weighted by Crippen LogP contribution is 2.30. The average Bonchev–Trinajstić information content (AvgIpc) is 3.17. The lowest BCUT2D eigenvalue weighted by Gasteiger charge is -2.14. The Bertz CT molecular complexity index is 2580. The van der Waals surface area contributed by atoms with Crippen molar-refractivity contribution >= 4 is 78.4 Å². The number of terminal acetylenes is 1. The maximum absolute atomic E-state index is 13.8. The number of nitrogens with one attached hydrogen (secondary N) is 4. The van der Waals surface area contributed by atoms with Gasteiger partial charge in [-0.05, 0) is 55.3 Å². The van der Waals surface area contributed by atoms with Crippen LogP contribution in [-0.4, -0.2) is 45.8 Å².